The third-order valence-corrected chi connectivity index (χ3v) is 3.01. The van der Waals surface area contributed by atoms with Gasteiger partial charge in [0.25, 0.3) is 0 Å². The lowest BCUT2D eigenvalue weighted by molar-refractivity contribution is -0.129. The first-order chi connectivity index (χ1) is 10.7. The van der Waals surface area contributed by atoms with Gasteiger partial charge in [0.1, 0.15) is 5.82 Å². The number of carbonyl (C=O) groups is 1. The van der Waals surface area contributed by atoms with Gasteiger partial charge in [-0.15, -0.1) is 0 Å². The molecule has 4 heteroatoms. The van der Waals surface area contributed by atoms with Crippen LogP contribution < -0.4 is 0 Å². The fourth-order valence-corrected chi connectivity index (χ4v) is 1.98. The van der Waals surface area contributed by atoms with Crippen molar-refractivity contribution in [1.82, 2.24) is 0 Å². The Labute approximate surface area is 127 Å². The van der Waals surface area contributed by atoms with E-state index >= 15 is 0 Å². The number of hydrogen-bond acceptors (Lipinski definition) is 3. The lowest BCUT2D eigenvalue weighted by Gasteiger charge is -1.94. The van der Waals surface area contributed by atoms with Crippen LogP contribution in [0.5, 0.6) is 0 Å². The van der Waals surface area contributed by atoms with E-state index in [1.807, 2.05) is 30.3 Å². The monoisotopic (exact) mass is 293 g/mol. The van der Waals surface area contributed by atoms with Crippen LogP contribution in [-0.2, 0) is 9.53 Å². The van der Waals surface area contributed by atoms with Crippen LogP contribution in [0.15, 0.2) is 71.4 Å². The zero-order chi connectivity index (χ0) is 15.4. The summed E-state index contributed by atoms with van der Waals surface area (Å²) in [7, 11) is 0. The van der Waals surface area contributed by atoms with E-state index in [1.54, 1.807) is 24.3 Å². The molecular formula is C18H12FNO2. The molecule has 0 spiro atoms. The van der Waals surface area contributed by atoms with Gasteiger partial charge in [0.05, 0.1) is 0 Å². The highest BCUT2D eigenvalue weighted by molar-refractivity contribution is 6.11. The number of esters is 1. The summed E-state index contributed by atoms with van der Waals surface area (Å²) in [4.78, 5) is 15.9. The molecular weight excluding hydrogens is 281 g/mol. The van der Waals surface area contributed by atoms with Gasteiger partial charge in [-0.1, -0.05) is 42.5 Å². The van der Waals surface area contributed by atoms with Crippen LogP contribution in [0.1, 0.15) is 11.1 Å². The summed E-state index contributed by atoms with van der Waals surface area (Å²) in [5.41, 5.74) is 1.69. The Morgan fingerprint density at radius 2 is 1.73 bits per heavy atom. The van der Waals surface area contributed by atoms with Crippen LogP contribution in [0.25, 0.3) is 12.2 Å². The predicted molar refractivity (Wildman–Crippen MR) is 83.4 cm³/mol. The molecule has 0 saturated heterocycles. The van der Waals surface area contributed by atoms with Gasteiger partial charge in [0, 0.05) is 6.08 Å². The third-order valence-electron chi connectivity index (χ3n) is 3.01. The molecule has 0 fully saturated rings. The number of benzene rings is 2. The van der Waals surface area contributed by atoms with E-state index < -0.39 is 5.97 Å². The first kappa shape index (κ1) is 13.9. The molecule has 2 aromatic carbocycles. The summed E-state index contributed by atoms with van der Waals surface area (Å²) in [5.74, 6) is -0.692. The quantitative estimate of drug-likeness (QED) is 0.637. The van der Waals surface area contributed by atoms with Crippen molar-refractivity contribution in [2.24, 2.45) is 4.99 Å². The standard InChI is InChI=1S/C18H12FNO2/c19-15-8-4-7-14(11-15)12-16-18(21)22-17(20-16)10-9-13-5-2-1-3-6-13/h1-12H/b10-9+,16-12+. The van der Waals surface area contributed by atoms with Crippen LogP contribution in [0.3, 0.4) is 0 Å². The molecule has 0 saturated carbocycles. The molecule has 3 rings (SSSR count). The molecule has 0 aromatic heterocycles. The van der Waals surface area contributed by atoms with Crippen molar-refractivity contribution in [3.05, 3.63) is 83.3 Å². The number of hydrogen-bond donors (Lipinski definition) is 0. The van der Waals surface area contributed by atoms with Gasteiger partial charge < -0.3 is 4.74 Å². The summed E-state index contributed by atoms with van der Waals surface area (Å²) in [6, 6.07) is 15.5. The van der Waals surface area contributed by atoms with Crippen LogP contribution in [0.4, 0.5) is 4.39 Å². The van der Waals surface area contributed by atoms with Crippen molar-refractivity contribution in [3.63, 3.8) is 0 Å². The van der Waals surface area contributed by atoms with Crippen LogP contribution in [0.2, 0.25) is 0 Å². The third kappa shape index (κ3) is 3.35. The van der Waals surface area contributed by atoms with Crippen molar-refractivity contribution >= 4 is 24.0 Å². The number of cyclic esters (lactones) is 1. The molecule has 22 heavy (non-hydrogen) atoms. The molecule has 1 heterocycles. The highest BCUT2D eigenvalue weighted by Gasteiger charge is 2.21. The van der Waals surface area contributed by atoms with Gasteiger partial charge in [-0.3, -0.25) is 0 Å². The molecule has 0 atom stereocenters. The highest BCUT2D eigenvalue weighted by atomic mass is 19.1. The molecule has 0 radical (unpaired) electrons. The van der Waals surface area contributed by atoms with Crippen LogP contribution in [-0.4, -0.2) is 11.9 Å². The van der Waals surface area contributed by atoms with Gasteiger partial charge in [0.15, 0.2) is 5.70 Å². The maximum atomic E-state index is 13.1. The van der Waals surface area contributed by atoms with Gasteiger partial charge in [-0.05, 0) is 35.4 Å². The molecule has 1 aliphatic heterocycles. The first-order valence-corrected chi connectivity index (χ1v) is 6.72. The Bertz CT molecular complexity index is 792. The number of halogens is 1. The molecule has 0 aliphatic carbocycles. The highest BCUT2D eigenvalue weighted by Crippen LogP contribution is 2.17. The zero-order valence-corrected chi connectivity index (χ0v) is 11.6. The van der Waals surface area contributed by atoms with E-state index in [0.29, 0.717) is 5.56 Å². The second-order valence-corrected chi connectivity index (χ2v) is 4.67. The fraction of sp³-hybridized carbons (Fsp3) is 0. The Kier molecular flexibility index (Phi) is 3.92. The molecule has 0 unspecified atom stereocenters. The van der Waals surface area contributed by atoms with E-state index in [0.717, 1.165) is 5.56 Å². The maximum absolute atomic E-state index is 13.1. The molecule has 0 bridgehead atoms. The summed E-state index contributed by atoms with van der Waals surface area (Å²) in [5, 5.41) is 0. The smallest absolute Gasteiger partial charge is 0.363 e. The zero-order valence-electron chi connectivity index (χ0n) is 11.6. The predicted octanol–water partition coefficient (Wildman–Crippen LogP) is 3.84. The summed E-state index contributed by atoms with van der Waals surface area (Å²) in [6.45, 7) is 0. The second-order valence-electron chi connectivity index (χ2n) is 4.67. The van der Waals surface area contributed by atoms with E-state index in [1.165, 1.54) is 18.2 Å². The Morgan fingerprint density at radius 3 is 2.50 bits per heavy atom. The summed E-state index contributed by atoms with van der Waals surface area (Å²) in [6.07, 6.45) is 4.92. The molecule has 2 aromatic rings. The average molecular weight is 293 g/mol. The van der Waals surface area contributed by atoms with Crippen molar-refractivity contribution in [3.8, 4) is 0 Å². The van der Waals surface area contributed by atoms with Crippen LogP contribution >= 0.6 is 0 Å². The number of carbonyl (C=O) groups excluding carboxylic acids is 1. The van der Waals surface area contributed by atoms with Crippen molar-refractivity contribution in [2.45, 2.75) is 0 Å². The molecule has 108 valence electrons. The van der Waals surface area contributed by atoms with Crippen LogP contribution in [0, 0.1) is 5.82 Å². The van der Waals surface area contributed by atoms with E-state index in [9.17, 15) is 9.18 Å². The number of nitrogens with zero attached hydrogens (tertiary/aromatic N) is 1. The molecule has 0 N–H and O–H groups in total. The van der Waals surface area contributed by atoms with Crippen molar-refractivity contribution in [2.75, 3.05) is 0 Å². The number of rotatable bonds is 3. The van der Waals surface area contributed by atoms with Gasteiger partial charge in [0.2, 0.25) is 5.90 Å². The lowest BCUT2D eigenvalue weighted by Crippen LogP contribution is -2.01. The Morgan fingerprint density at radius 1 is 0.955 bits per heavy atom. The lowest BCUT2D eigenvalue weighted by atomic mass is 10.2. The van der Waals surface area contributed by atoms with Gasteiger partial charge >= 0.3 is 5.97 Å². The molecule has 3 nitrogen and oxygen atoms in total. The average Bonchev–Trinajstić information content (AvgIpc) is 2.86. The minimum absolute atomic E-state index is 0.151. The van der Waals surface area contributed by atoms with Crippen molar-refractivity contribution in [1.29, 1.82) is 0 Å². The summed E-state index contributed by atoms with van der Waals surface area (Å²) < 4.78 is 18.2. The second kappa shape index (κ2) is 6.18. The number of aliphatic imine (C=N–C) groups is 1. The van der Waals surface area contributed by atoms with E-state index in [4.69, 9.17) is 4.74 Å². The fourth-order valence-electron chi connectivity index (χ4n) is 1.98. The largest absolute Gasteiger partial charge is 0.403 e. The minimum Gasteiger partial charge on any atom is -0.403 e. The minimum atomic E-state index is -0.544. The van der Waals surface area contributed by atoms with Gasteiger partial charge in [-0.25, -0.2) is 14.2 Å². The Hall–Kier alpha value is -3.01. The van der Waals surface area contributed by atoms with Gasteiger partial charge in [-0.2, -0.15) is 0 Å². The first-order valence-electron chi connectivity index (χ1n) is 6.72. The normalized spacial score (nSPS) is 16.1. The maximum Gasteiger partial charge on any atom is 0.363 e. The molecule has 1 aliphatic rings. The van der Waals surface area contributed by atoms with E-state index in [2.05, 4.69) is 4.99 Å². The van der Waals surface area contributed by atoms with E-state index in [-0.39, 0.29) is 17.4 Å². The molecule has 0 amide bonds. The number of ether oxygens (including phenoxy) is 1. The summed E-state index contributed by atoms with van der Waals surface area (Å²) >= 11 is 0. The topological polar surface area (TPSA) is 38.7 Å². The SMILES string of the molecule is O=C1OC(/C=C/c2ccccc2)=NC/1=C/c1cccc(F)c1. The Balaban J connectivity index is 1.81. The van der Waals surface area contributed by atoms with Crippen molar-refractivity contribution < 1.29 is 13.9 Å².